The molecule has 0 aliphatic heterocycles. The molecule has 0 N–H and O–H groups in total. The Kier molecular flexibility index (Phi) is 5.82. The molecule has 0 bridgehead atoms. The fourth-order valence-corrected chi connectivity index (χ4v) is 5.07. The second kappa shape index (κ2) is 7.84. The van der Waals surface area contributed by atoms with E-state index in [2.05, 4.69) is 6.92 Å². The summed E-state index contributed by atoms with van der Waals surface area (Å²) in [7, 11) is 0. The molecule has 0 heterocycles. The molecule has 3 aliphatic carbocycles. The summed E-state index contributed by atoms with van der Waals surface area (Å²) in [5, 5.41) is 0. The molecule has 2 unspecified atom stereocenters. The highest BCUT2D eigenvalue weighted by Gasteiger charge is 2.34. The van der Waals surface area contributed by atoms with E-state index in [1.54, 1.807) is 0 Å². The Labute approximate surface area is 136 Å². The Morgan fingerprint density at radius 3 is 2.23 bits per heavy atom. The fraction of sp³-hybridized carbons (Fsp3) is 0.950. The predicted octanol–water partition coefficient (Wildman–Crippen LogP) is 5.50. The van der Waals surface area contributed by atoms with Crippen LogP contribution in [0.5, 0.6) is 0 Å². The highest BCUT2D eigenvalue weighted by atomic mass is 16.5. The maximum atomic E-state index is 12.5. The molecule has 2 nitrogen and oxygen atoms in total. The topological polar surface area (TPSA) is 26.3 Å². The fourth-order valence-electron chi connectivity index (χ4n) is 5.07. The first kappa shape index (κ1) is 16.3. The molecular formula is C20H34O2. The van der Waals surface area contributed by atoms with Crippen molar-refractivity contribution in [2.45, 2.75) is 96.5 Å². The van der Waals surface area contributed by atoms with Crippen LogP contribution in [0.4, 0.5) is 0 Å². The average molecular weight is 306 g/mol. The van der Waals surface area contributed by atoms with E-state index < -0.39 is 0 Å². The summed E-state index contributed by atoms with van der Waals surface area (Å²) in [6.07, 6.45) is 16.6. The summed E-state index contributed by atoms with van der Waals surface area (Å²) in [4.78, 5) is 12.5. The minimum Gasteiger partial charge on any atom is -0.462 e. The van der Waals surface area contributed by atoms with Crippen LogP contribution in [0, 0.1) is 23.7 Å². The quantitative estimate of drug-likeness (QED) is 0.644. The number of hydrogen-bond acceptors (Lipinski definition) is 2. The van der Waals surface area contributed by atoms with Crippen molar-refractivity contribution in [3.63, 3.8) is 0 Å². The van der Waals surface area contributed by atoms with Crippen LogP contribution in [-0.2, 0) is 9.53 Å². The highest BCUT2D eigenvalue weighted by Crippen LogP contribution is 2.42. The molecule has 2 atom stereocenters. The first-order chi connectivity index (χ1) is 10.7. The smallest absolute Gasteiger partial charge is 0.309 e. The number of rotatable bonds is 3. The lowest BCUT2D eigenvalue weighted by Crippen LogP contribution is -2.32. The van der Waals surface area contributed by atoms with Crippen molar-refractivity contribution in [2.75, 3.05) is 0 Å². The van der Waals surface area contributed by atoms with Gasteiger partial charge in [0, 0.05) is 0 Å². The molecule has 0 aromatic carbocycles. The third-order valence-corrected chi connectivity index (χ3v) is 6.61. The summed E-state index contributed by atoms with van der Waals surface area (Å²) >= 11 is 0. The molecule has 0 saturated heterocycles. The molecule has 0 aromatic rings. The van der Waals surface area contributed by atoms with Gasteiger partial charge in [-0.25, -0.2) is 0 Å². The second-order valence-electron chi connectivity index (χ2n) is 8.34. The van der Waals surface area contributed by atoms with Crippen LogP contribution in [0.15, 0.2) is 0 Å². The Bertz CT molecular complexity index is 351. The van der Waals surface area contributed by atoms with Crippen LogP contribution in [0.2, 0.25) is 0 Å². The average Bonchev–Trinajstić information content (AvgIpc) is 2.56. The normalized spacial score (nSPS) is 37.7. The molecule has 2 heteroatoms. The van der Waals surface area contributed by atoms with Crippen molar-refractivity contribution in [3.05, 3.63) is 0 Å². The van der Waals surface area contributed by atoms with E-state index in [0.29, 0.717) is 0 Å². The van der Waals surface area contributed by atoms with Crippen LogP contribution in [0.25, 0.3) is 0 Å². The molecule has 0 spiro atoms. The zero-order chi connectivity index (χ0) is 15.4. The van der Waals surface area contributed by atoms with E-state index in [1.807, 2.05) is 0 Å². The van der Waals surface area contributed by atoms with Crippen LogP contribution in [0.1, 0.15) is 90.4 Å². The SMILES string of the molecule is CC1CCC(C2CCCC(C(=O)OC3CCCCC3)C2)CC1. The zero-order valence-corrected chi connectivity index (χ0v) is 14.4. The number of ether oxygens (including phenoxy) is 1. The zero-order valence-electron chi connectivity index (χ0n) is 14.4. The third-order valence-electron chi connectivity index (χ3n) is 6.61. The maximum Gasteiger partial charge on any atom is 0.309 e. The van der Waals surface area contributed by atoms with E-state index in [0.717, 1.165) is 43.4 Å². The van der Waals surface area contributed by atoms with Gasteiger partial charge in [-0.2, -0.15) is 0 Å². The molecule has 3 rings (SSSR count). The second-order valence-corrected chi connectivity index (χ2v) is 8.34. The van der Waals surface area contributed by atoms with Gasteiger partial charge in [0.05, 0.1) is 5.92 Å². The summed E-state index contributed by atoms with van der Waals surface area (Å²) < 4.78 is 5.84. The molecule has 126 valence electrons. The minimum atomic E-state index is 0.140. The first-order valence-corrected chi connectivity index (χ1v) is 9.93. The van der Waals surface area contributed by atoms with Crippen molar-refractivity contribution in [3.8, 4) is 0 Å². The molecule has 3 saturated carbocycles. The number of esters is 1. The van der Waals surface area contributed by atoms with Crippen molar-refractivity contribution < 1.29 is 9.53 Å². The van der Waals surface area contributed by atoms with Gasteiger partial charge in [-0.05, 0) is 69.1 Å². The lowest BCUT2D eigenvalue weighted by atomic mass is 9.69. The largest absolute Gasteiger partial charge is 0.462 e. The monoisotopic (exact) mass is 306 g/mol. The molecular weight excluding hydrogens is 272 g/mol. The lowest BCUT2D eigenvalue weighted by Gasteiger charge is -2.37. The van der Waals surface area contributed by atoms with Crippen LogP contribution in [0.3, 0.4) is 0 Å². The van der Waals surface area contributed by atoms with Gasteiger partial charge in [0.15, 0.2) is 0 Å². The van der Waals surface area contributed by atoms with E-state index in [9.17, 15) is 4.79 Å². The Hall–Kier alpha value is -0.530. The van der Waals surface area contributed by atoms with Crippen LogP contribution >= 0.6 is 0 Å². The molecule has 22 heavy (non-hydrogen) atoms. The number of carbonyl (C=O) groups excluding carboxylic acids is 1. The molecule has 3 aliphatic rings. The van der Waals surface area contributed by atoms with Gasteiger partial charge in [0.1, 0.15) is 6.10 Å². The Balaban J connectivity index is 1.48. The molecule has 0 amide bonds. The standard InChI is InChI=1S/C20H34O2/c1-15-10-12-16(13-11-15)17-6-5-7-18(14-17)20(21)22-19-8-3-2-4-9-19/h15-19H,2-14H2,1H3. The number of hydrogen-bond donors (Lipinski definition) is 0. The summed E-state index contributed by atoms with van der Waals surface area (Å²) in [6, 6.07) is 0. The Morgan fingerprint density at radius 1 is 0.773 bits per heavy atom. The van der Waals surface area contributed by atoms with Crippen LogP contribution in [-0.4, -0.2) is 12.1 Å². The van der Waals surface area contributed by atoms with E-state index in [1.165, 1.54) is 57.8 Å². The third kappa shape index (κ3) is 4.26. The summed E-state index contributed by atoms with van der Waals surface area (Å²) in [5.74, 6) is 2.96. The van der Waals surface area contributed by atoms with Gasteiger partial charge in [-0.3, -0.25) is 4.79 Å². The molecule has 0 aromatic heterocycles. The van der Waals surface area contributed by atoms with Crippen LogP contribution < -0.4 is 0 Å². The first-order valence-electron chi connectivity index (χ1n) is 9.93. The van der Waals surface area contributed by atoms with Gasteiger partial charge in [0.2, 0.25) is 0 Å². The summed E-state index contributed by atoms with van der Waals surface area (Å²) in [5.41, 5.74) is 0. The summed E-state index contributed by atoms with van der Waals surface area (Å²) in [6.45, 7) is 2.39. The van der Waals surface area contributed by atoms with E-state index in [-0.39, 0.29) is 18.0 Å². The Morgan fingerprint density at radius 2 is 1.50 bits per heavy atom. The van der Waals surface area contributed by atoms with Gasteiger partial charge in [-0.15, -0.1) is 0 Å². The van der Waals surface area contributed by atoms with Gasteiger partial charge in [0.25, 0.3) is 0 Å². The number of carbonyl (C=O) groups is 1. The maximum absolute atomic E-state index is 12.5. The van der Waals surface area contributed by atoms with Crippen molar-refractivity contribution >= 4 is 5.97 Å². The van der Waals surface area contributed by atoms with E-state index in [4.69, 9.17) is 4.74 Å². The van der Waals surface area contributed by atoms with Gasteiger partial charge < -0.3 is 4.74 Å². The van der Waals surface area contributed by atoms with Crippen molar-refractivity contribution in [1.29, 1.82) is 0 Å². The molecule has 3 fully saturated rings. The highest BCUT2D eigenvalue weighted by molar-refractivity contribution is 5.72. The predicted molar refractivity (Wildman–Crippen MR) is 89.5 cm³/mol. The van der Waals surface area contributed by atoms with Gasteiger partial charge in [-0.1, -0.05) is 39.0 Å². The van der Waals surface area contributed by atoms with E-state index >= 15 is 0 Å². The molecule has 0 radical (unpaired) electrons. The lowest BCUT2D eigenvalue weighted by molar-refractivity contribution is -0.157. The van der Waals surface area contributed by atoms with Gasteiger partial charge >= 0.3 is 5.97 Å². The van der Waals surface area contributed by atoms with Crippen molar-refractivity contribution in [2.24, 2.45) is 23.7 Å². The van der Waals surface area contributed by atoms with Crippen molar-refractivity contribution in [1.82, 2.24) is 0 Å². The minimum absolute atomic E-state index is 0.140.